The van der Waals surface area contributed by atoms with Crippen molar-refractivity contribution in [1.29, 1.82) is 0 Å². The largest absolute Gasteiger partial charge is 1.00 e. The standard InChI is InChI=1S/C22H9Cl4I2O4.2Na.H2O/c1-6-3-8(27)4-9-12(10-5-11(28)19(29)7(2)21(10)32-20(6)9)13-14(22(30)31)16(24)18(26)17(25)15(13)23;;;/h4-5H,1-2H3,(H,30,31);;;1H2/q-1;2*+1;/p-2. The van der Waals surface area contributed by atoms with Crippen molar-refractivity contribution in [3.63, 3.8) is 0 Å². The van der Waals surface area contributed by atoms with Crippen LogP contribution in [0.15, 0.2) is 21.3 Å². The number of halogens is 6. The topological polar surface area (TPSA) is 100 Å². The van der Waals surface area contributed by atoms with E-state index in [0.29, 0.717) is 36.8 Å². The first kappa shape index (κ1) is 34.2. The van der Waals surface area contributed by atoms with Crippen LogP contribution in [0.4, 0.5) is 0 Å². The maximum absolute atomic E-state index is 12.6. The van der Waals surface area contributed by atoms with Gasteiger partial charge in [-0.05, 0) is 41.1 Å². The quantitative estimate of drug-likeness (QED) is 0.0754. The molecular formula is C22H9Cl4I2Na2O5-. The average molecular weight is 795 g/mol. The molecule has 0 aromatic heterocycles. The van der Waals surface area contributed by atoms with Crippen LogP contribution in [0.3, 0.4) is 0 Å². The molecular weight excluding hydrogens is 786 g/mol. The monoisotopic (exact) mass is 793 g/mol. The number of hydrogen-bond donors (Lipinski definition) is 0. The third kappa shape index (κ3) is 5.88. The van der Waals surface area contributed by atoms with Gasteiger partial charge in [0.2, 0.25) is 0 Å². The van der Waals surface area contributed by atoms with Gasteiger partial charge in [-0.1, -0.05) is 84.9 Å². The minimum absolute atomic E-state index is 0. The van der Waals surface area contributed by atoms with E-state index in [1.807, 2.05) is 22.6 Å². The van der Waals surface area contributed by atoms with E-state index in [2.05, 4.69) is 28.7 Å². The van der Waals surface area contributed by atoms with E-state index < -0.39 is 11.5 Å². The number of carboxylic acid groups (broad SMARTS) is 1. The van der Waals surface area contributed by atoms with Gasteiger partial charge in [0.25, 0.3) is 0 Å². The summed E-state index contributed by atoms with van der Waals surface area (Å²) in [4.78, 5) is 24.8. The minimum Gasteiger partial charge on any atom is -0.870 e. The van der Waals surface area contributed by atoms with Crippen LogP contribution in [0.1, 0.15) is 21.5 Å². The van der Waals surface area contributed by atoms with Gasteiger partial charge >= 0.3 is 59.1 Å². The number of benzene rings is 3. The summed E-state index contributed by atoms with van der Waals surface area (Å²) in [5.74, 6) is -1.29. The Bertz CT molecular complexity index is 1530. The summed E-state index contributed by atoms with van der Waals surface area (Å²) in [6, 6.07) is 6.56. The zero-order valence-electron chi connectivity index (χ0n) is 18.5. The molecule has 172 valence electrons. The fraction of sp³-hybridized carbons (Fsp3) is 0.0909. The summed E-state index contributed by atoms with van der Waals surface area (Å²) in [7, 11) is 0. The van der Waals surface area contributed by atoms with E-state index >= 15 is 0 Å². The Hall–Kier alpha value is 1.18. The minimum atomic E-state index is -1.58. The van der Waals surface area contributed by atoms with E-state index in [4.69, 9.17) is 50.8 Å². The van der Waals surface area contributed by atoms with Crippen molar-refractivity contribution >= 4 is 109 Å². The molecule has 13 heteroatoms. The summed E-state index contributed by atoms with van der Waals surface area (Å²) in [5, 5.41) is 12.0. The molecule has 0 atom stereocenters. The van der Waals surface area contributed by atoms with Crippen molar-refractivity contribution in [2.75, 3.05) is 0 Å². The fourth-order valence-electron chi connectivity index (χ4n) is 3.62. The number of fused-ring (bicyclic) bond motifs is 2. The normalized spacial score (nSPS) is 10.5. The predicted molar refractivity (Wildman–Crippen MR) is 145 cm³/mol. The number of carbonyl (C=O) groups excluding carboxylic acids is 1. The number of carboxylic acids is 1. The average Bonchev–Trinajstić information content (AvgIpc) is 2.72. The van der Waals surface area contributed by atoms with Crippen LogP contribution in [0.25, 0.3) is 33.4 Å². The predicted octanol–water partition coefficient (Wildman–Crippen LogP) is 0.999. The maximum Gasteiger partial charge on any atom is 1.00 e. The van der Waals surface area contributed by atoms with Crippen LogP contribution in [-0.4, -0.2) is 11.4 Å². The molecule has 2 aromatic carbocycles. The van der Waals surface area contributed by atoms with Crippen LogP contribution in [0.2, 0.25) is 20.1 Å². The molecule has 0 amide bonds. The summed E-state index contributed by atoms with van der Waals surface area (Å²) < 4.78 is 7.33. The second-order valence-corrected chi connectivity index (χ2v) is 10.8. The van der Waals surface area contributed by atoms with Crippen molar-refractivity contribution < 1.29 is 78.9 Å². The van der Waals surface area contributed by atoms with Gasteiger partial charge in [0.05, 0.1) is 29.6 Å². The number of hydrogen-bond acceptors (Lipinski definition) is 5. The summed E-state index contributed by atoms with van der Waals surface area (Å²) >= 11 is 29.4. The first-order valence-corrected chi connectivity index (χ1v) is 12.5. The summed E-state index contributed by atoms with van der Waals surface area (Å²) in [6.45, 7) is 3.44. The van der Waals surface area contributed by atoms with E-state index in [9.17, 15) is 14.7 Å². The van der Waals surface area contributed by atoms with Crippen molar-refractivity contribution in [1.82, 2.24) is 0 Å². The van der Waals surface area contributed by atoms with Gasteiger partial charge in [0.1, 0.15) is 5.76 Å². The second-order valence-electron chi connectivity index (χ2n) is 6.94. The van der Waals surface area contributed by atoms with Crippen molar-refractivity contribution in [3.05, 3.63) is 72.3 Å². The van der Waals surface area contributed by atoms with Crippen LogP contribution in [-0.2, 0) is 0 Å². The van der Waals surface area contributed by atoms with Gasteiger partial charge in [-0.2, -0.15) is 6.07 Å². The van der Waals surface area contributed by atoms with Gasteiger partial charge in [-0.25, -0.2) is 0 Å². The third-order valence-corrected chi connectivity index (χ3v) is 8.23. The zero-order valence-corrected chi connectivity index (χ0v) is 29.8. The Balaban J connectivity index is 0.00000204. The van der Waals surface area contributed by atoms with Crippen molar-refractivity contribution in [3.8, 4) is 22.5 Å². The summed E-state index contributed by atoms with van der Waals surface area (Å²) in [5.41, 5.74) is 1.74. The van der Waals surface area contributed by atoms with Crippen LogP contribution in [0, 0.1) is 27.1 Å². The van der Waals surface area contributed by atoms with Crippen molar-refractivity contribution in [2.24, 2.45) is 0 Å². The molecule has 0 saturated heterocycles. The first-order chi connectivity index (χ1) is 15.0. The molecule has 0 fully saturated rings. The second kappa shape index (κ2) is 13.0. The van der Waals surface area contributed by atoms with Gasteiger partial charge in [0, 0.05) is 27.8 Å². The molecule has 0 spiro atoms. The van der Waals surface area contributed by atoms with Crippen LogP contribution in [0.5, 0.6) is 0 Å². The van der Waals surface area contributed by atoms with Gasteiger partial charge < -0.3 is 19.8 Å². The number of carbonyl (C=O) groups is 1. The Morgan fingerprint density at radius 2 is 1.54 bits per heavy atom. The molecule has 2 aromatic rings. The van der Waals surface area contributed by atoms with Gasteiger partial charge in [-0.15, -0.1) is 11.6 Å². The molecule has 4 rings (SSSR count). The Morgan fingerprint density at radius 1 is 0.971 bits per heavy atom. The zero-order chi connectivity index (χ0) is 23.6. The first-order valence-electron chi connectivity index (χ1n) is 8.81. The number of aromatic carboxylic acids is 1. The van der Waals surface area contributed by atoms with E-state index in [0.717, 1.165) is 3.57 Å². The van der Waals surface area contributed by atoms with E-state index in [-0.39, 0.29) is 101 Å². The molecule has 35 heavy (non-hydrogen) atoms. The third-order valence-electron chi connectivity index (χ3n) is 5.04. The van der Waals surface area contributed by atoms with Crippen LogP contribution >= 0.6 is 91.6 Å². The Kier molecular flexibility index (Phi) is 12.7. The molecule has 1 aliphatic heterocycles. The maximum atomic E-state index is 12.6. The number of aryl methyl sites for hydroxylation is 1. The molecule has 0 unspecified atom stereocenters. The molecule has 2 aliphatic rings. The molecule has 1 N–H and O–H groups in total. The Labute approximate surface area is 291 Å². The molecule has 1 aliphatic carbocycles. The van der Waals surface area contributed by atoms with E-state index in [1.54, 1.807) is 26.0 Å². The molecule has 0 saturated carbocycles. The molecule has 5 nitrogen and oxygen atoms in total. The smallest absolute Gasteiger partial charge is 0.870 e. The number of rotatable bonds is 2. The Morgan fingerprint density at radius 3 is 2.11 bits per heavy atom. The molecule has 1 heterocycles. The van der Waals surface area contributed by atoms with E-state index in [1.165, 1.54) is 0 Å². The van der Waals surface area contributed by atoms with Gasteiger partial charge in [0.15, 0.2) is 5.43 Å². The fourth-order valence-corrected chi connectivity index (χ4v) is 6.07. The molecule has 0 bridgehead atoms. The van der Waals surface area contributed by atoms with Crippen LogP contribution < -0.4 is 69.6 Å². The van der Waals surface area contributed by atoms with Crippen molar-refractivity contribution in [2.45, 2.75) is 13.8 Å². The SMILES string of the molecule is Cc1c2oc3c(C)[c-]c(I)cc3c(-c3c(Cl)c(Cl)c(Cl)c(Cl)c3C(=O)[O-])c-2cc(I)c1=O.[Na+].[Na+].[OH-]. The molecule has 0 radical (unpaired) electrons. The van der Waals surface area contributed by atoms with Gasteiger partial charge in [-0.3, -0.25) is 4.79 Å². The summed E-state index contributed by atoms with van der Waals surface area (Å²) in [6.07, 6.45) is 0.